The van der Waals surface area contributed by atoms with E-state index in [2.05, 4.69) is 15.3 Å². The first-order valence-corrected chi connectivity index (χ1v) is 6.61. The zero-order chi connectivity index (χ0) is 13.5. The SMILES string of the molecule is CN(CCc1cnccn1)C(=O)NC[C@@H]1CCCO1. The standard InChI is InChI=1S/C13H20N4O2/c1-17(7-4-11-9-14-5-6-15-11)13(18)16-10-12-3-2-8-19-12/h5-6,9,12H,2-4,7-8,10H2,1H3,(H,16,18)/t12-/m0/s1. The molecule has 1 fully saturated rings. The Morgan fingerprint density at radius 2 is 2.47 bits per heavy atom. The van der Waals surface area contributed by atoms with Crippen molar-refractivity contribution in [2.75, 3.05) is 26.7 Å². The van der Waals surface area contributed by atoms with Gasteiger partial charge in [0.2, 0.25) is 0 Å². The maximum Gasteiger partial charge on any atom is 0.317 e. The van der Waals surface area contributed by atoms with Gasteiger partial charge in [0.15, 0.2) is 0 Å². The molecule has 2 amide bonds. The van der Waals surface area contributed by atoms with E-state index >= 15 is 0 Å². The van der Waals surface area contributed by atoms with E-state index in [1.165, 1.54) is 0 Å². The van der Waals surface area contributed by atoms with Gasteiger partial charge in [0.05, 0.1) is 11.8 Å². The number of nitrogens with zero attached hydrogens (tertiary/aromatic N) is 3. The molecule has 2 heterocycles. The van der Waals surface area contributed by atoms with E-state index < -0.39 is 0 Å². The third-order valence-electron chi connectivity index (χ3n) is 3.17. The fourth-order valence-electron chi connectivity index (χ4n) is 1.98. The Kier molecular flexibility index (Phi) is 5.09. The van der Waals surface area contributed by atoms with E-state index in [0.29, 0.717) is 19.5 Å². The molecule has 1 N–H and O–H groups in total. The van der Waals surface area contributed by atoms with Crippen LogP contribution in [0.3, 0.4) is 0 Å². The highest BCUT2D eigenvalue weighted by Crippen LogP contribution is 2.10. The maximum absolute atomic E-state index is 11.8. The number of nitrogens with one attached hydrogen (secondary N) is 1. The fraction of sp³-hybridized carbons (Fsp3) is 0.615. The van der Waals surface area contributed by atoms with Gasteiger partial charge in [0, 0.05) is 51.8 Å². The van der Waals surface area contributed by atoms with Gasteiger partial charge in [-0.15, -0.1) is 0 Å². The van der Waals surface area contributed by atoms with E-state index in [9.17, 15) is 4.79 Å². The average molecular weight is 264 g/mol. The molecule has 1 aromatic rings. The number of amides is 2. The molecule has 104 valence electrons. The van der Waals surface area contributed by atoms with Crippen LogP contribution in [0.15, 0.2) is 18.6 Å². The quantitative estimate of drug-likeness (QED) is 0.855. The Balaban J connectivity index is 1.67. The Morgan fingerprint density at radius 3 is 3.16 bits per heavy atom. The lowest BCUT2D eigenvalue weighted by molar-refractivity contribution is 0.109. The van der Waals surface area contributed by atoms with Crippen LogP contribution in [-0.2, 0) is 11.2 Å². The van der Waals surface area contributed by atoms with Crippen molar-refractivity contribution in [2.24, 2.45) is 0 Å². The first-order chi connectivity index (χ1) is 9.25. The second-order valence-electron chi connectivity index (χ2n) is 4.69. The summed E-state index contributed by atoms with van der Waals surface area (Å²) in [4.78, 5) is 21.7. The van der Waals surface area contributed by atoms with Gasteiger partial charge in [-0.3, -0.25) is 9.97 Å². The van der Waals surface area contributed by atoms with Gasteiger partial charge in [-0.05, 0) is 12.8 Å². The monoisotopic (exact) mass is 264 g/mol. The molecule has 6 heteroatoms. The van der Waals surface area contributed by atoms with Gasteiger partial charge in [0.25, 0.3) is 0 Å². The van der Waals surface area contributed by atoms with Crippen LogP contribution < -0.4 is 5.32 Å². The molecule has 0 aromatic carbocycles. The highest BCUT2D eigenvalue weighted by Gasteiger charge is 2.17. The zero-order valence-electron chi connectivity index (χ0n) is 11.2. The van der Waals surface area contributed by atoms with E-state index in [1.807, 2.05) is 0 Å². The van der Waals surface area contributed by atoms with Crippen molar-refractivity contribution in [3.63, 3.8) is 0 Å². The van der Waals surface area contributed by atoms with Gasteiger partial charge in [-0.2, -0.15) is 0 Å². The second kappa shape index (κ2) is 7.04. The molecule has 2 rings (SSSR count). The molecule has 0 radical (unpaired) electrons. The number of hydrogen-bond donors (Lipinski definition) is 1. The van der Waals surface area contributed by atoms with Gasteiger partial charge >= 0.3 is 6.03 Å². The maximum atomic E-state index is 11.8. The van der Waals surface area contributed by atoms with Crippen molar-refractivity contribution in [1.82, 2.24) is 20.2 Å². The lowest BCUT2D eigenvalue weighted by Crippen LogP contribution is -2.41. The van der Waals surface area contributed by atoms with Crippen LogP contribution in [0.5, 0.6) is 0 Å². The fourth-order valence-corrected chi connectivity index (χ4v) is 1.98. The Morgan fingerprint density at radius 1 is 1.58 bits per heavy atom. The number of ether oxygens (including phenoxy) is 1. The number of carbonyl (C=O) groups excluding carboxylic acids is 1. The number of carbonyl (C=O) groups is 1. The van der Waals surface area contributed by atoms with Gasteiger partial charge in [-0.25, -0.2) is 4.79 Å². The van der Waals surface area contributed by atoms with Crippen LogP contribution in [-0.4, -0.2) is 53.7 Å². The molecule has 0 spiro atoms. The summed E-state index contributed by atoms with van der Waals surface area (Å²) in [5, 5.41) is 2.89. The minimum absolute atomic E-state index is 0.0700. The largest absolute Gasteiger partial charge is 0.376 e. The summed E-state index contributed by atoms with van der Waals surface area (Å²) >= 11 is 0. The Labute approximate surface area is 113 Å². The zero-order valence-corrected chi connectivity index (χ0v) is 11.2. The van der Waals surface area contributed by atoms with Crippen molar-refractivity contribution in [3.05, 3.63) is 24.3 Å². The van der Waals surface area contributed by atoms with Crippen molar-refractivity contribution in [3.8, 4) is 0 Å². The van der Waals surface area contributed by atoms with Crippen LogP contribution in [0.1, 0.15) is 18.5 Å². The Bertz CT molecular complexity index is 393. The second-order valence-corrected chi connectivity index (χ2v) is 4.69. The lowest BCUT2D eigenvalue weighted by atomic mass is 10.2. The average Bonchev–Trinajstić information content (AvgIpc) is 2.96. The van der Waals surface area contributed by atoms with Crippen molar-refractivity contribution in [1.29, 1.82) is 0 Å². The van der Waals surface area contributed by atoms with Crippen molar-refractivity contribution in [2.45, 2.75) is 25.4 Å². The number of rotatable bonds is 5. The van der Waals surface area contributed by atoms with Crippen LogP contribution >= 0.6 is 0 Å². The third-order valence-corrected chi connectivity index (χ3v) is 3.17. The van der Waals surface area contributed by atoms with Gasteiger partial charge in [-0.1, -0.05) is 0 Å². The number of hydrogen-bond acceptors (Lipinski definition) is 4. The minimum atomic E-state index is -0.0700. The van der Waals surface area contributed by atoms with E-state index in [-0.39, 0.29) is 12.1 Å². The molecule has 1 atom stereocenters. The van der Waals surface area contributed by atoms with Gasteiger partial charge < -0.3 is 15.0 Å². The highest BCUT2D eigenvalue weighted by molar-refractivity contribution is 5.73. The number of aromatic nitrogens is 2. The summed E-state index contributed by atoms with van der Waals surface area (Å²) in [7, 11) is 1.78. The van der Waals surface area contributed by atoms with Crippen LogP contribution in [0, 0.1) is 0 Å². The predicted octanol–water partition coefficient (Wildman–Crippen LogP) is 0.839. The topological polar surface area (TPSA) is 67.4 Å². The summed E-state index contributed by atoms with van der Waals surface area (Å²) in [6.07, 6.45) is 8.02. The molecule has 0 saturated carbocycles. The molecule has 0 bridgehead atoms. The highest BCUT2D eigenvalue weighted by atomic mass is 16.5. The summed E-state index contributed by atoms with van der Waals surface area (Å²) in [5.74, 6) is 0. The molecule has 6 nitrogen and oxygen atoms in total. The summed E-state index contributed by atoms with van der Waals surface area (Å²) in [6, 6.07) is -0.0700. The summed E-state index contributed by atoms with van der Waals surface area (Å²) < 4.78 is 5.46. The molecule has 0 unspecified atom stereocenters. The molecule has 0 aliphatic carbocycles. The first kappa shape index (κ1) is 13.7. The van der Waals surface area contributed by atoms with Crippen molar-refractivity contribution < 1.29 is 9.53 Å². The van der Waals surface area contributed by atoms with Crippen LogP contribution in [0.4, 0.5) is 4.79 Å². The normalized spacial score (nSPS) is 18.3. The van der Waals surface area contributed by atoms with Gasteiger partial charge in [0.1, 0.15) is 0 Å². The molecule has 19 heavy (non-hydrogen) atoms. The summed E-state index contributed by atoms with van der Waals surface area (Å²) in [6.45, 7) is 2.02. The summed E-state index contributed by atoms with van der Waals surface area (Å²) in [5.41, 5.74) is 0.890. The molecular formula is C13H20N4O2. The predicted molar refractivity (Wildman–Crippen MR) is 70.7 cm³/mol. The lowest BCUT2D eigenvalue weighted by Gasteiger charge is -2.19. The third kappa shape index (κ3) is 4.48. The number of likely N-dealkylation sites (N-methyl/N-ethyl adjacent to an activating group) is 1. The molecule has 1 aromatic heterocycles. The molecular weight excluding hydrogens is 244 g/mol. The van der Waals surface area contributed by atoms with E-state index in [0.717, 1.165) is 25.1 Å². The van der Waals surface area contributed by atoms with Crippen LogP contribution in [0.25, 0.3) is 0 Å². The minimum Gasteiger partial charge on any atom is -0.376 e. The Hall–Kier alpha value is -1.69. The van der Waals surface area contributed by atoms with Crippen molar-refractivity contribution >= 4 is 6.03 Å². The first-order valence-electron chi connectivity index (χ1n) is 6.61. The molecule has 1 saturated heterocycles. The smallest absolute Gasteiger partial charge is 0.317 e. The van der Waals surface area contributed by atoms with E-state index in [1.54, 1.807) is 30.5 Å². The molecule has 1 aliphatic heterocycles. The number of urea groups is 1. The van der Waals surface area contributed by atoms with Crippen LogP contribution in [0.2, 0.25) is 0 Å². The molecule has 1 aliphatic rings. The van der Waals surface area contributed by atoms with E-state index in [4.69, 9.17) is 4.74 Å².